The number of tetrazole rings is 1. The lowest BCUT2D eigenvalue weighted by Crippen LogP contribution is -1.99. The molecule has 0 saturated carbocycles. The maximum Gasteiger partial charge on any atom is 0.214 e. The Morgan fingerprint density at radius 3 is 2.81 bits per heavy atom. The predicted octanol–water partition coefficient (Wildman–Crippen LogP) is 4.53. The van der Waals surface area contributed by atoms with E-state index in [1.54, 1.807) is 28.2 Å². The number of nitrogens with zero attached hydrogens (tertiary/aromatic N) is 5. The minimum Gasteiger partial charge on any atom is -0.240 e. The summed E-state index contributed by atoms with van der Waals surface area (Å²) < 4.78 is 14.8. The van der Waals surface area contributed by atoms with Crippen LogP contribution in [0.4, 0.5) is 4.39 Å². The summed E-state index contributed by atoms with van der Waals surface area (Å²) in [6.45, 7) is 2.03. The first-order chi connectivity index (χ1) is 12.7. The number of halogens is 1. The summed E-state index contributed by atoms with van der Waals surface area (Å²) in [5, 5.41) is 15.6. The SMILES string of the molecule is Cc1cccc(-n2nnnc2SCc2csc(-c3ccc(F)cc3)n2)c1. The van der Waals surface area contributed by atoms with Gasteiger partial charge in [0, 0.05) is 16.7 Å². The highest BCUT2D eigenvalue weighted by atomic mass is 32.2. The number of rotatable bonds is 5. The van der Waals surface area contributed by atoms with Gasteiger partial charge >= 0.3 is 0 Å². The van der Waals surface area contributed by atoms with Gasteiger partial charge in [0.1, 0.15) is 10.8 Å². The molecule has 4 aromatic rings. The van der Waals surface area contributed by atoms with Gasteiger partial charge in [-0.25, -0.2) is 9.37 Å². The molecule has 0 aliphatic carbocycles. The van der Waals surface area contributed by atoms with E-state index in [0.717, 1.165) is 27.5 Å². The van der Waals surface area contributed by atoms with Gasteiger partial charge in [-0.1, -0.05) is 23.9 Å². The Hall–Kier alpha value is -2.58. The Morgan fingerprint density at radius 1 is 1.15 bits per heavy atom. The first-order valence-electron chi connectivity index (χ1n) is 7.87. The van der Waals surface area contributed by atoms with Crippen LogP contribution < -0.4 is 0 Å². The molecule has 0 bridgehead atoms. The van der Waals surface area contributed by atoms with Crippen molar-refractivity contribution in [3.63, 3.8) is 0 Å². The summed E-state index contributed by atoms with van der Waals surface area (Å²) in [7, 11) is 0. The molecule has 26 heavy (non-hydrogen) atoms. The van der Waals surface area contributed by atoms with Gasteiger partial charge in [-0.2, -0.15) is 4.68 Å². The van der Waals surface area contributed by atoms with Crippen LogP contribution in [-0.4, -0.2) is 25.2 Å². The number of hydrogen-bond acceptors (Lipinski definition) is 6. The molecule has 0 aliphatic heterocycles. The topological polar surface area (TPSA) is 56.5 Å². The van der Waals surface area contributed by atoms with Crippen molar-refractivity contribution < 1.29 is 4.39 Å². The average molecular weight is 383 g/mol. The van der Waals surface area contributed by atoms with Crippen molar-refractivity contribution in [2.75, 3.05) is 0 Å². The molecule has 0 saturated heterocycles. The second kappa shape index (κ2) is 7.35. The average Bonchev–Trinajstić information content (AvgIpc) is 3.30. The van der Waals surface area contributed by atoms with Crippen molar-refractivity contribution in [3.05, 3.63) is 71.0 Å². The van der Waals surface area contributed by atoms with Crippen molar-refractivity contribution in [1.29, 1.82) is 0 Å². The molecule has 0 fully saturated rings. The molecule has 0 radical (unpaired) electrons. The largest absolute Gasteiger partial charge is 0.240 e. The lowest BCUT2D eigenvalue weighted by Gasteiger charge is -2.04. The predicted molar refractivity (Wildman–Crippen MR) is 101 cm³/mol. The fourth-order valence-corrected chi connectivity index (χ4v) is 4.14. The fourth-order valence-electron chi connectivity index (χ4n) is 2.43. The highest BCUT2D eigenvalue weighted by Crippen LogP contribution is 2.28. The minimum absolute atomic E-state index is 0.246. The zero-order valence-corrected chi connectivity index (χ0v) is 15.5. The zero-order valence-electron chi connectivity index (χ0n) is 13.8. The van der Waals surface area contributed by atoms with Crippen LogP contribution in [0.2, 0.25) is 0 Å². The molecule has 2 aromatic carbocycles. The maximum absolute atomic E-state index is 13.0. The third-order valence-electron chi connectivity index (χ3n) is 3.68. The monoisotopic (exact) mass is 383 g/mol. The number of aryl methyl sites for hydroxylation is 1. The first kappa shape index (κ1) is 16.9. The van der Waals surface area contributed by atoms with Crippen LogP contribution in [-0.2, 0) is 5.75 Å². The number of thioether (sulfide) groups is 1. The zero-order chi connectivity index (χ0) is 17.9. The third-order valence-corrected chi connectivity index (χ3v) is 5.57. The highest BCUT2D eigenvalue weighted by molar-refractivity contribution is 7.98. The van der Waals surface area contributed by atoms with Crippen LogP contribution in [0.15, 0.2) is 59.1 Å². The quantitative estimate of drug-likeness (QED) is 0.474. The summed E-state index contributed by atoms with van der Waals surface area (Å²) in [5.74, 6) is 0.410. The Morgan fingerprint density at radius 2 is 2.00 bits per heavy atom. The molecule has 2 heterocycles. The van der Waals surface area contributed by atoms with E-state index in [2.05, 4.69) is 20.5 Å². The van der Waals surface area contributed by atoms with Gasteiger partial charge in [0.05, 0.1) is 11.4 Å². The number of benzene rings is 2. The van der Waals surface area contributed by atoms with E-state index in [1.165, 1.54) is 23.9 Å². The van der Waals surface area contributed by atoms with E-state index in [1.807, 2.05) is 36.6 Å². The standard InChI is InChI=1S/C18H14FN5S2/c1-12-3-2-4-16(9-12)24-18(21-22-23-24)26-11-15-10-25-17(20-15)13-5-7-14(19)8-6-13/h2-10H,11H2,1H3. The highest BCUT2D eigenvalue weighted by Gasteiger charge is 2.11. The Balaban J connectivity index is 1.49. The van der Waals surface area contributed by atoms with E-state index >= 15 is 0 Å². The molecule has 2 aromatic heterocycles. The van der Waals surface area contributed by atoms with Crippen molar-refractivity contribution in [1.82, 2.24) is 25.2 Å². The summed E-state index contributed by atoms with van der Waals surface area (Å²) >= 11 is 3.07. The third kappa shape index (κ3) is 3.66. The molecule has 5 nitrogen and oxygen atoms in total. The van der Waals surface area contributed by atoms with Gasteiger partial charge in [-0.3, -0.25) is 0 Å². The summed E-state index contributed by atoms with van der Waals surface area (Å²) in [4.78, 5) is 4.62. The van der Waals surface area contributed by atoms with Crippen molar-refractivity contribution in [2.24, 2.45) is 0 Å². The summed E-state index contributed by atoms with van der Waals surface area (Å²) in [5.41, 5.74) is 3.94. The molecular formula is C18H14FN5S2. The van der Waals surface area contributed by atoms with Crippen LogP contribution in [0, 0.1) is 12.7 Å². The van der Waals surface area contributed by atoms with E-state index in [9.17, 15) is 4.39 Å². The molecule has 0 spiro atoms. The van der Waals surface area contributed by atoms with Crippen LogP contribution in [0.3, 0.4) is 0 Å². The number of aromatic nitrogens is 5. The second-order valence-electron chi connectivity index (χ2n) is 5.65. The van der Waals surface area contributed by atoms with Crippen molar-refractivity contribution in [2.45, 2.75) is 17.8 Å². The maximum atomic E-state index is 13.0. The molecule has 130 valence electrons. The van der Waals surface area contributed by atoms with E-state index < -0.39 is 0 Å². The Bertz CT molecular complexity index is 1030. The van der Waals surface area contributed by atoms with E-state index in [-0.39, 0.29) is 5.82 Å². The van der Waals surface area contributed by atoms with Crippen LogP contribution >= 0.6 is 23.1 Å². The fraction of sp³-hybridized carbons (Fsp3) is 0.111. The molecule has 8 heteroatoms. The molecular weight excluding hydrogens is 369 g/mol. The van der Waals surface area contributed by atoms with Gasteiger partial charge in [-0.05, 0) is 59.3 Å². The Labute approximate surface area is 157 Å². The van der Waals surface area contributed by atoms with E-state index in [4.69, 9.17) is 0 Å². The summed E-state index contributed by atoms with van der Waals surface area (Å²) in [6, 6.07) is 14.4. The minimum atomic E-state index is -0.246. The van der Waals surface area contributed by atoms with Gasteiger partial charge in [0.25, 0.3) is 0 Å². The molecule has 0 amide bonds. The van der Waals surface area contributed by atoms with Crippen LogP contribution in [0.5, 0.6) is 0 Å². The van der Waals surface area contributed by atoms with Gasteiger partial charge in [-0.15, -0.1) is 16.4 Å². The first-order valence-corrected chi connectivity index (χ1v) is 9.74. The number of hydrogen-bond donors (Lipinski definition) is 0. The number of thiazole rings is 1. The van der Waals surface area contributed by atoms with Crippen LogP contribution in [0.1, 0.15) is 11.3 Å². The normalized spacial score (nSPS) is 11.0. The molecule has 0 atom stereocenters. The second-order valence-corrected chi connectivity index (χ2v) is 7.45. The van der Waals surface area contributed by atoms with Gasteiger partial charge in [0.2, 0.25) is 5.16 Å². The molecule has 4 rings (SSSR count). The Kier molecular flexibility index (Phi) is 4.77. The van der Waals surface area contributed by atoms with E-state index in [0.29, 0.717) is 10.9 Å². The van der Waals surface area contributed by atoms with Gasteiger partial charge in [0.15, 0.2) is 0 Å². The lowest BCUT2D eigenvalue weighted by atomic mass is 10.2. The molecule has 0 N–H and O–H groups in total. The van der Waals surface area contributed by atoms with Crippen molar-refractivity contribution in [3.8, 4) is 16.3 Å². The molecule has 0 aliphatic rings. The smallest absolute Gasteiger partial charge is 0.214 e. The van der Waals surface area contributed by atoms with Gasteiger partial charge < -0.3 is 0 Å². The van der Waals surface area contributed by atoms with Crippen LogP contribution in [0.25, 0.3) is 16.3 Å². The lowest BCUT2D eigenvalue weighted by molar-refractivity contribution is 0.628. The summed E-state index contributed by atoms with van der Waals surface area (Å²) in [6.07, 6.45) is 0. The van der Waals surface area contributed by atoms with Crippen molar-refractivity contribution >= 4 is 23.1 Å². The molecule has 0 unspecified atom stereocenters.